The van der Waals surface area contributed by atoms with Crippen molar-refractivity contribution in [3.8, 4) is 5.19 Å². The van der Waals surface area contributed by atoms with Crippen molar-refractivity contribution in [2.75, 3.05) is 13.2 Å². The Morgan fingerprint density at radius 1 is 1.60 bits per heavy atom. The van der Waals surface area contributed by atoms with Crippen LogP contribution in [0.5, 0.6) is 5.19 Å². The van der Waals surface area contributed by atoms with Crippen LogP contribution in [0.25, 0.3) is 0 Å². The molecular weight excluding hydrogens is 212 g/mol. The fourth-order valence-corrected chi connectivity index (χ4v) is 1.43. The second-order valence-corrected chi connectivity index (χ2v) is 5.25. The summed E-state index contributed by atoms with van der Waals surface area (Å²) in [6.07, 6.45) is 1.17. The highest BCUT2D eigenvalue weighted by molar-refractivity contribution is 7.11. The van der Waals surface area contributed by atoms with Gasteiger partial charge >= 0.3 is 0 Å². The number of hydrogen-bond donors (Lipinski definition) is 2. The SMILES string of the molecule is CC(C)(C)NCC(O)COc1nccs1. The van der Waals surface area contributed by atoms with Crippen molar-refractivity contribution < 1.29 is 9.84 Å². The van der Waals surface area contributed by atoms with Crippen molar-refractivity contribution >= 4 is 11.3 Å². The van der Waals surface area contributed by atoms with Gasteiger partial charge in [-0.25, -0.2) is 4.98 Å². The van der Waals surface area contributed by atoms with Gasteiger partial charge in [-0.1, -0.05) is 11.3 Å². The molecule has 1 aromatic rings. The monoisotopic (exact) mass is 230 g/mol. The first-order valence-corrected chi connectivity index (χ1v) is 5.81. The smallest absolute Gasteiger partial charge is 0.273 e. The molecule has 15 heavy (non-hydrogen) atoms. The molecule has 0 fully saturated rings. The molecule has 1 aromatic heterocycles. The first kappa shape index (κ1) is 12.4. The number of nitrogens with zero attached hydrogens (tertiary/aromatic N) is 1. The van der Waals surface area contributed by atoms with Gasteiger partial charge in [0.1, 0.15) is 12.7 Å². The molecule has 0 radical (unpaired) electrons. The Hall–Kier alpha value is -0.650. The van der Waals surface area contributed by atoms with E-state index >= 15 is 0 Å². The van der Waals surface area contributed by atoms with E-state index in [9.17, 15) is 5.11 Å². The van der Waals surface area contributed by atoms with E-state index in [4.69, 9.17) is 4.74 Å². The van der Waals surface area contributed by atoms with Crippen molar-refractivity contribution in [2.24, 2.45) is 0 Å². The number of ether oxygens (including phenoxy) is 1. The molecule has 1 rings (SSSR count). The molecule has 1 atom stereocenters. The molecule has 0 saturated heterocycles. The average molecular weight is 230 g/mol. The third-order valence-electron chi connectivity index (χ3n) is 1.68. The maximum absolute atomic E-state index is 9.60. The Kier molecular flexibility index (Phi) is 4.50. The second-order valence-electron chi connectivity index (χ2n) is 4.39. The standard InChI is InChI=1S/C10H18N2O2S/c1-10(2,3)12-6-8(13)7-14-9-11-4-5-15-9/h4-5,8,12-13H,6-7H2,1-3H3. The first-order valence-electron chi connectivity index (χ1n) is 4.93. The van der Waals surface area contributed by atoms with Crippen molar-refractivity contribution in [1.82, 2.24) is 10.3 Å². The number of nitrogens with one attached hydrogen (secondary N) is 1. The van der Waals surface area contributed by atoms with Gasteiger partial charge in [0.05, 0.1) is 0 Å². The lowest BCUT2D eigenvalue weighted by Crippen LogP contribution is -2.42. The van der Waals surface area contributed by atoms with Gasteiger partial charge in [-0.3, -0.25) is 0 Å². The molecule has 0 aliphatic heterocycles. The topological polar surface area (TPSA) is 54.4 Å². The molecule has 4 nitrogen and oxygen atoms in total. The zero-order valence-corrected chi connectivity index (χ0v) is 10.2. The second kappa shape index (κ2) is 5.44. The lowest BCUT2D eigenvalue weighted by molar-refractivity contribution is 0.0999. The Morgan fingerprint density at radius 3 is 2.87 bits per heavy atom. The minimum Gasteiger partial charge on any atom is -0.467 e. The van der Waals surface area contributed by atoms with Crippen LogP contribution >= 0.6 is 11.3 Å². The molecule has 86 valence electrons. The molecule has 0 saturated carbocycles. The minimum absolute atomic E-state index is 0.0160. The van der Waals surface area contributed by atoms with Gasteiger partial charge in [-0.05, 0) is 20.8 Å². The van der Waals surface area contributed by atoms with Crippen LogP contribution in [-0.4, -0.2) is 34.9 Å². The number of aromatic nitrogens is 1. The summed E-state index contributed by atoms with van der Waals surface area (Å²) in [5, 5.41) is 15.2. The van der Waals surface area contributed by atoms with E-state index in [1.165, 1.54) is 11.3 Å². The Bertz CT molecular complexity index is 269. The minimum atomic E-state index is -0.506. The number of hydrogen-bond acceptors (Lipinski definition) is 5. The Labute approximate surface area is 94.3 Å². The maximum atomic E-state index is 9.60. The summed E-state index contributed by atoms with van der Waals surface area (Å²) in [5.41, 5.74) is 0.0160. The van der Waals surface area contributed by atoms with Crippen LogP contribution in [0.4, 0.5) is 0 Å². The number of aliphatic hydroxyl groups is 1. The van der Waals surface area contributed by atoms with E-state index in [1.807, 2.05) is 5.38 Å². The number of aliphatic hydroxyl groups excluding tert-OH is 1. The predicted molar refractivity (Wildman–Crippen MR) is 61.4 cm³/mol. The lowest BCUT2D eigenvalue weighted by atomic mass is 10.1. The van der Waals surface area contributed by atoms with Crippen LogP contribution in [-0.2, 0) is 0 Å². The van der Waals surface area contributed by atoms with Crippen molar-refractivity contribution in [2.45, 2.75) is 32.4 Å². The van der Waals surface area contributed by atoms with Crippen LogP contribution in [0.15, 0.2) is 11.6 Å². The fraction of sp³-hybridized carbons (Fsp3) is 0.700. The zero-order chi connectivity index (χ0) is 11.3. The molecule has 0 amide bonds. The van der Waals surface area contributed by atoms with Crippen LogP contribution < -0.4 is 10.1 Å². The molecule has 2 N–H and O–H groups in total. The van der Waals surface area contributed by atoms with E-state index in [0.717, 1.165) is 0 Å². The van der Waals surface area contributed by atoms with Gasteiger partial charge in [0.15, 0.2) is 0 Å². The van der Waals surface area contributed by atoms with Crippen LogP contribution in [0.2, 0.25) is 0 Å². The van der Waals surface area contributed by atoms with Gasteiger partial charge in [-0.15, -0.1) is 0 Å². The van der Waals surface area contributed by atoms with E-state index in [2.05, 4.69) is 31.1 Å². The zero-order valence-electron chi connectivity index (χ0n) is 9.36. The quantitative estimate of drug-likeness (QED) is 0.800. The first-order chi connectivity index (χ1) is 6.97. The average Bonchev–Trinajstić information content (AvgIpc) is 2.62. The Balaban J connectivity index is 2.16. The maximum Gasteiger partial charge on any atom is 0.273 e. The van der Waals surface area contributed by atoms with Crippen LogP contribution in [0.1, 0.15) is 20.8 Å². The number of thiazole rings is 1. The van der Waals surface area contributed by atoms with Crippen LogP contribution in [0.3, 0.4) is 0 Å². The third kappa shape index (κ3) is 5.71. The molecular formula is C10H18N2O2S. The molecule has 1 heterocycles. The molecule has 0 bridgehead atoms. The Morgan fingerprint density at radius 2 is 2.33 bits per heavy atom. The van der Waals surface area contributed by atoms with Crippen molar-refractivity contribution in [3.05, 3.63) is 11.6 Å². The lowest BCUT2D eigenvalue weighted by Gasteiger charge is -2.22. The molecule has 1 unspecified atom stereocenters. The van der Waals surface area contributed by atoms with E-state index in [0.29, 0.717) is 11.7 Å². The highest BCUT2D eigenvalue weighted by Gasteiger charge is 2.12. The third-order valence-corrected chi connectivity index (χ3v) is 2.36. The van der Waals surface area contributed by atoms with Gasteiger partial charge in [0.25, 0.3) is 5.19 Å². The highest BCUT2D eigenvalue weighted by atomic mass is 32.1. The summed E-state index contributed by atoms with van der Waals surface area (Å²) in [5.74, 6) is 0. The summed E-state index contributed by atoms with van der Waals surface area (Å²) in [4.78, 5) is 3.96. The predicted octanol–water partition coefficient (Wildman–Crippen LogP) is 1.27. The van der Waals surface area contributed by atoms with Crippen molar-refractivity contribution in [3.63, 3.8) is 0 Å². The molecule has 5 heteroatoms. The number of rotatable bonds is 5. The number of β-amino-alcohol motifs (C(OH)–C–C–N with tert-alkyl or cyclic N) is 1. The largest absolute Gasteiger partial charge is 0.467 e. The summed E-state index contributed by atoms with van der Waals surface area (Å²) >= 11 is 1.42. The van der Waals surface area contributed by atoms with E-state index in [1.54, 1.807) is 6.20 Å². The highest BCUT2D eigenvalue weighted by Crippen LogP contribution is 2.13. The van der Waals surface area contributed by atoms with Gasteiger partial charge in [0, 0.05) is 23.7 Å². The molecule has 0 aliphatic rings. The summed E-state index contributed by atoms with van der Waals surface area (Å²) in [6, 6.07) is 0. The molecule has 0 aromatic carbocycles. The van der Waals surface area contributed by atoms with E-state index in [-0.39, 0.29) is 12.1 Å². The summed E-state index contributed by atoms with van der Waals surface area (Å²) < 4.78 is 5.29. The fourth-order valence-electron chi connectivity index (χ4n) is 0.932. The van der Waals surface area contributed by atoms with Crippen molar-refractivity contribution in [1.29, 1.82) is 0 Å². The van der Waals surface area contributed by atoms with Gasteiger partial charge in [0.2, 0.25) is 0 Å². The van der Waals surface area contributed by atoms with Crippen LogP contribution in [0, 0.1) is 0 Å². The molecule has 0 aliphatic carbocycles. The normalized spacial score (nSPS) is 13.9. The van der Waals surface area contributed by atoms with E-state index < -0.39 is 6.10 Å². The van der Waals surface area contributed by atoms with Gasteiger partial charge in [-0.2, -0.15) is 0 Å². The summed E-state index contributed by atoms with van der Waals surface area (Å²) in [6.45, 7) is 6.97. The summed E-state index contributed by atoms with van der Waals surface area (Å²) in [7, 11) is 0. The molecule has 0 spiro atoms. The van der Waals surface area contributed by atoms with Gasteiger partial charge < -0.3 is 15.2 Å².